The number of nitrogens with one attached hydrogen (secondary N) is 1. The van der Waals surface area contributed by atoms with Gasteiger partial charge in [-0.2, -0.15) is 0 Å². The lowest BCUT2D eigenvalue weighted by Gasteiger charge is -2.30. The zero-order chi connectivity index (χ0) is 15.2. The smallest absolute Gasteiger partial charge is 0.395 e. The molecule has 1 aliphatic rings. The van der Waals surface area contributed by atoms with Gasteiger partial charge in [0.1, 0.15) is 4.92 Å². The minimum Gasteiger partial charge on any atom is -0.395 e. The van der Waals surface area contributed by atoms with Gasteiger partial charge < -0.3 is 14.6 Å². The molecule has 1 amide bonds. The Labute approximate surface area is 123 Å². The molecule has 1 N–H and O–H groups in total. The lowest BCUT2D eigenvalue weighted by Crippen LogP contribution is -2.46. The third-order valence-corrected chi connectivity index (χ3v) is 3.62. The zero-order valence-corrected chi connectivity index (χ0v) is 12.2. The van der Waals surface area contributed by atoms with E-state index in [9.17, 15) is 14.9 Å². The standard InChI is InChI=1S/C14H21N3O4/c1-2-9-16(10-11-5-3-4-8-15-11)14(18)12-6-7-13(21-12)17(19)20/h6-7,11,15H,2-5,8-10H2,1H3. The van der Waals surface area contributed by atoms with E-state index >= 15 is 0 Å². The van der Waals surface area contributed by atoms with Crippen molar-refractivity contribution in [1.29, 1.82) is 0 Å². The van der Waals surface area contributed by atoms with Gasteiger partial charge in [0, 0.05) is 19.1 Å². The molecule has 1 unspecified atom stereocenters. The van der Waals surface area contributed by atoms with E-state index in [-0.39, 0.29) is 11.7 Å². The molecule has 1 fully saturated rings. The van der Waals surface area contributed by atoms with Crippen LogP contribution in [-0.4, -0.2) is 41.4 Å². The van der Waals surface area contributed by atoms with Crippen LogP contribution in [0.5, 0.6) is 0 Å². The maximum absolute atomic E-state index is 12.4. The monoisotopic (exact) mass is 295 g/mol. The van der Waals surface area contributed by atoms with Crippen molar-refractivity contribution < 1.29 is 14.1 Å². The summed E-state index contributed by atoms with van der Waals surface area (Å²) in [6.07, 6.45) is 4.22. The van der Waals surface area contributed by atoms with Gasteiger partial charge in [-0.15, -0.1) is 0 Å². The van der Waals surface area contributed by atoms with Crippen molar-refractivity contribution in [2.75, 3.05) is 19.6 Å². The molecule has 7 heteroatoms. The quantitative estimate of drug-likeness (QED) is 0.642. The normalized spacial score (nSPS) is 18.4. The summed E-state index contributed by atoms with van der Waals surface area (Å²) in [5.74, 6) is -0.645. The molecule has 21 heavy (non-hydrogen) atoms. The zero-order valence-electron chi connectivity index (χ0n) is 12.2. The Morgan fingerprint density at radius 3 is 2.90 bits per heavy atom. The molecule has 0 aromatic carbocycles. The molecule has 1 saturated heterocycles. The first-order valence-electron chi connectivity index (χ1n) is 7.38. The van der Waals surface area contributed by atoms with Gasteiger partial charge in [0.25, 0.3) is 5.91 Å². The van der Waals surface area contributed by atoms with Crippen LogP contribution in [0.4, 0.5) is 5.88 Å². The summed E-state index contributed by atoms with van der Waals surface area (Å²) < 4.78 is 5.01. The fourth-order valence-corrected chi connectivity index (χ4v) is 2.59. The van der Waals surface area contributed by atoms with Crippen molar-refractivity contribution >= 4 is 11.8 Å². The average molecular weight is 295 g/mol. The highest BCUT2D eigenvalue weighted by Crippen LogP contribution is 2.18. The second-order valence-electron chi connectivity index (χ2n) is 5.29. The van der Waals surface area contributed by atoms with Gasteiger partial charge in [-0.3, -0.25) is 14.9 Å². The Balaban J connectivity index is 2.04. The molecular formula is C14H21N3O4. The number of hydrogen-bond acceptors (Lipinski definition) is 5. The summed E-state index contributed by atoms with van der Waals surface area (Å²) in [6, 6.07) is 2.88. The molecule has 0 radical (unpaired) electrons. The predicted octanol–water partition coefficient (Wildman–Crippen LogP) is 2.18. The number of hydrogen-bond donors (Lipinski definition) is 1. The van der Waals surface area contributed by atoms with Gasteiger partial charge in [-0.1, -0.05) is 13.3 Å². The van der Waals surface area contributed by atoms with E-state index < -0.39 is 10.8 Å². The Morgan fingerprint density at radius 2 is 2.33 bits per heavy atom. The highest BCUT2D eigenvalue weighted by molar-refractivity contribution is 5.91. The molecule has 1 aliphatic heterocycles. The molecule has 116 valence electrons. The summed E-state index contributed by atoms with van der Waals surface area (Å²) >= 11 is 0. The molecule has 2 rings (SSSR count). The van der Waals surface area contributed by atoms with Crippen molar-refractivity contribution in [2.24, 2.45) is 0 Å². The van der Waals surface area contributed by atoms with E-state index in [1.54, 1.807) is 4.90 Å². The second kappa shape index (κ2) is 7.21. The number of nitrogens with zero attached hydrogens (tertiary/aromatic N) is 2. The number of amides is 1. The first-order valence-corrected chi connectivity index (χ1v) is 7.38. The topological polar surface area (TPSA) is 88.6 Å². The van der Waals surface area contributed by atoms with Crippen LogP contribution in [0.25, 0.3) is 0 Å². The largest absolute Gasteiger partial charge is 0.433 e. The third kappa shape index (κ3) is 4.04. The van der Waals surface area contributed by atoms with Gasteiger partial charge in [-0.25, -0.2) is 0 Å². The van der Waals surface area contributed by atoms with E-state index in [2.05, 4.69) is 5.32 Å². The van der Waals surface area contributed by atoms with Crippen molar-refractivity contribution in [3.63, 3.8) is 0 Å². The van der Waals surface area contributed by atoms with E-state index in [0.717, 1.165) is 25.8 Å². The minimum absolute atomic E-state index is 0.0333. The average Bonchev–Trinajstić information content (AvgIpc) is 2.97. The second-order valence-corrected chi connectivity index (χ2v) is 5.29. The molecule has 1 aromatic rings. The lowest BCUT2D eigenvalue weighted by molar-refractivity contribution is -0.402. The summed E-state index contributed by atoms with van der Waals surface area (Å²) in [5, 5.41) is 14.0. The summed E-state index contributed by atoms with van der Waals surface area (Å²) in [5.41, 5.74) is 0. The number of carbonyl (C=O) groups is 1. The number of rotatable bonds is 6. The van der Waals surface area contributed by atoms with Gasteiger partial charge in [0.15, 0.2) is 5.76 Å². The Hall–Kier alpha value is -1.89. The molecule has 7 nitrogen and oxygen atoms in total. The Bertz CT molecular complexity index is 494. The van der Waals surface area contributed by atoms with Gasteiger partial charge >= 0.3 is 5.88 Å². The molecule has 0 saturated carbocycles. The maximum atomic E-state index is 12.4. The number of piperidine rings is 1. The predicted molar refractivity (Wildman–Crippen MR) is 77.2 cm³/mol. The van der Waals surface area contributed by atoms with E-state index in [1.807, 2.05) is 6.92 Å². The van der Waals surface area contributed by atoms with Crippen LogP contribution >= 0.6 is 0 Å². The Kier molecular flexibility index (Phi) is 5.32. The molecule has 1 aromatic heterocycles. The van der Waals surface area contributed by atoms with Gasteiger partial charge in [0.05, 0.1) is 6.07 Å². The van der Waals surface area contributed by atoms with Crippen molar-refractivity contribution in [3.05, 3.63) is 28.0 Å². The summed E-state index contributed by atoms with van der Waals surface area (Å²) in [6.45, 7) is 4.21. The minimum atomic E-state index is -0.635. The highest BCUT2D eigenvalue weighted by atomic mass is 16.6. The highest BCUT2D eigenvalue weighted by Gasteiger charge is 2.25. The molecule has 0 spiro atoms. The fourth-order valence-electron chi connectivity index (χ4n) is 2.59. The number of nitro groups is 1. The summed E-state index contributed by atoms with van der Waals surface area (Å²) in [7, 11) is 0. The first kappa shape index (κ1) is 15.5. The van der Waals surface area contributed by atoms with E-state index in [0.29, 0.717) is 19.1 Å². The lowest BCUT2D eigenvalue weighted by atomic mass is 10.0. The number of carbonyl (C=O) groups excluding carboxylic acids is 1. The van der Waals surface area contributed by atoms with Crippen molar-refractivity contribution in [1.82, 2.24) is 10.2 Å². The molecule has 0 aliphatic carbocycles. The Morgan fingerprint density at radius 1 is 1.52 bits per heavy atom. The summed E-state index contributed by atoms with van der Waals surface area (Å²) in [4.78, 5) is 24.1. The maximum Gasteiger partial charge on any atom is 0.433 e. The SMILES string of the molecule is CCCN(CC1CCCCN1)C(=O)c1ccc([N+](=O)[O-])o1. The van der Waals surface area contributed by atoms with Crippen LogP contribution in [0.1, 0.15) is 43.2 Å². The van der Waals surface area contributed by atoms with Crippen molar-refractivity contribution in [3.8, 4) is 0 Å². The van der Waals surface area contributed by atoms with Crippen LogP contribution in [0.2, 0.25) is 0 Å². The molecular weight excluding hydrogens is 274 g/mol. The molecule has 1 atom stereocenters. The van der Waals surface area contributed by atoms with E-state index in [1.165, 1.54) is 18.6 Å². The van der Waals surface area contributed by atoms with Crippen LogP contribution in [0, 0.1) is 10.1 Å². The van der Waals surface area contributed by atoms with Crippen LogP contribution in [0.3, 0.4) is 0 Å². The number of furan rings is 1. The van der Waals surface area contributed by atoms with Gasteiger partial charge in [-0.05, 0) is 31.9 Å². The fraction of sp³-hybridized carbons (Fsp3) is 0.643. The molecule has 2 heterocycles. The van der Waals surface area contributed by atoms with Crippen LogP contribution < -0.4 is 5.32 Å². The molecule has 0 bridgehead atoms. The third-order valence-electron chi connectivity index (χ3n) is 3.62. The van der Waals surface area contributed by atoms with Crippen LogP contribution in [0.15, 0.2) is 16.5 Å². The van der Waals surface area contributed by atoms with Crippen LogP contribution in [-0.2, 0) is 0 Å². The van der Waals surface area contributed by atoms with Gasteiger partial charge in [0.2, 0.25) is 0 Å². The first-order chi connectivity index (χ1) is 10.1. The van der Waals surface area contributed by atoms with E-state index in [4.69, 9.17) is 4.42 Å². The van der Waals surface area contributed by atoms with Crippen molar-refractivity contribution in [2.45, 2.75) is 38.6 Å².